The van der Waals surface area contributed by atoms with Gasteiger partial charge in [0.05, 0.1) is 39.0 Å². The molecule has 0 amide bonds. The third-order valence-electron chi connectivity index (χ3n) is 10.5. The number of hydrogen-bond donors (Lipinski definition) is 1. The zero-order chi connectivity index (χ0) is 31.5. The van der Waals surface area contributed by atoms with Crippen molar-refractivity contribution in [2.45, 2.75) is 108 Å². The zero-order valence-corrected chi connectivity index (χ0v) is 29.3. The van der Waals surface area contributed by atoms with Crippen molar-refractivity contribution in [2.24, 2.45) is 35.5 Å². The number of ether oxygens (including phenoxy) is 4. The van der Waals surface area contributed by atoms with E-state index in [1.54, 1.807) is 6.92 Å². The van der Waals surface area contributed by atoms with Crippen LogP contribution in [-0.4, -0.2) is 64.6 Å². The molecule has 1 aromatic heterocycles. The first-order valence-electron chi connectivity index (χ1n) is 16.0. The van der Waals surface area contributed by atoms with Gasteiger partial charge in [0.25, 0.3) is 0 Å². The van der Waals surface area contributed by atoms with Crippen LogP contribution in [0.4, 0.5) is 0 Å². The first kappa shape index (κ1) is 33.7. The van der Waals surface area contributed by atoms with E-state index in [0.29, 0.717) is 11.7 Å². The summed E-state index contributed by atoms with van der Waals surface area (Å²) < 4.78 is 24.8. The molecule has 1 aliphatic heterocycles. The number of Topliss-reactive ketones (excluding diaryl/α,β-unsaturated/α-hetero) is 1. The average Bonchev–Trinajstić information content (AvgIpc) is 3.74. The molecule has 1 aromatic rings. The fourth-order valence-electron chi connectivity index (χ4n) is 8.29. The second-order valence-electron chi connectivity index (χ2n) is 12.9. The molecule has 0 radical (unpaired) electrons. The number of rotatable bonds is 8. The summed E-state index contributed by atoms with van der Waals surface area (Å²) in [5.74, 6) is 0.918. The lowest BCUT2D eigenvalue weighted by atomic mass is 9.64. The Morgan fingerprint density at radius 3 is 2.66 bits per heavy atom. The molecule has 4 aliphatic rings. The van der Waals surface area contributed by atoms with E-state index in [1.165, 1.54) is 23.2 Å². The molecule has 5 rings (SSSR count). The van der Waals surface area contributed by atoms with Crippen LogP contribution < -0.4 is 0 Å². The lowest BCUT2D eigenvalue weighted by molar-refractivity contribution is -0.151. The lowest BCUT2D eigenvalue weighted by Gasteiger charge is -2.43. The van der Waals surface area contributed by atoms with Crippen LogP contribution in [0.3, 0.4) is 0 Å². The van der Waals surface area contributed by atoms with Gasteiger partial charge in [0.15, 0.2) is 11.5 Å². The van der Waals surface area contributed by atoms with Crippen LogP contribution in [0.25, 0.3) is 0 Å². The number of ketones is 1. The van der Waals surface area contributed by atoms with E-state index in [0.717, 1.165) is 62.0 Å². The predicted octanol–water partition coefficient (Wildman–Crippen LogP) is 6.20. The summed E-state index contributed by atoms with van der Waals surface area (Å²) in [6, 6.07) is -0.0376. The van der Waals surface area contributed by atoms with Crippen molar-refractivity contribution in [3.05, 3.63) is 29.4 Å². The number of aromatic nitrogens is 3. The lowest BCUT2D eigenvalue weighted by Crippen LogP contribution is -2.41. The van der Waals surface area contributed by atoms with Gasteiger partial charge in [-0.3, -0.25) is 9.59 Å². The Morgan fingerprint density at radius 2 is 1.98 bits per heavy atom. The van der Waals surface area contributed by atoms with Crippen molar-refractivity contribution in [3.63, 3.8) is 0 Å². The van der Waals surface area contributed by atoms with Crippen LogP contribution >= 0.6 is 30.1 Å². The maximum atomic E-state index is 14.1. The molecule has 3 fully saturated rings. The molecule has 2 unspecified atom stereocenters. The number of esters is 1. The summed E-state index contributed by atoms with van der Waals surface area (Å²) in [7, 11) is 4.54. The quantitative estimate of drug-likeness (QED) is 0.143. The molecule has 1 N–H and O–H groups in total. The Morgan fingerprint density at radius 1 is 1.20 bits per heavy atom. The molecule has 1 saturated heterocycles. The topological polar surface area (TPSA) is 122 Å². The van der Waals surface area contributed by atoms with E-state index in [4.69, 9.17) is 18.9 Å². The standard InChI is InChI=1S/C32H46IN3O7S/c1-6-20-10-8-7-9-17(2)30(38)25-14-23-22-13-21(43-32(39)31(41-5)18(3)40-4)11-19(22)12-26(36-16-27(44-33)34-35-36)29(23)24(25)15-28(37)42-20/h14,16-17,19-24,26,29,32,39H,6-13,15H2,1-5H3/b31-18+/t17-,19?,20+,21-,22-,23+,24-,26-,29?,32+/m1/s1. The van der Waals surface area contributed by atoms with Gasteiger partial charge in [-0.1, -0.05) is 31.6 Å². The third-order valence-corrected chi connectivity index (χ3v) is 12.2. The number of carbonyl (C=O) groups is 2. The maximum absolute atomic E-state index is 14.1. The second-order valence-corrected chi connectivity index (χ2v) is 14.8. The average molecular weight is 744 g/mol. The molecule has 3 aliphatic carbocycles. The Balaban J connectivity index is 1.49. The number of halogens is 1. The maximum Gasteiger partial charge on any atom is 0.306 e. The number of allylic oxidation sites excluding steroid dienone is 3. The van der Waals surface area contributed by atoms with E-state index < -0.39 is 6.29 Å². The van der Waals surface area contributed by atoms with Crippen molar-refractivity contribution < 1.29 is 33.6 Å². The molecule has 10 nitrogen and oxygen atoms in total. The zero-order valence-electron chi connectivity index (χ0n) is 26.3. The fourth-order valence-corrected chi connectivity index (χ4v) is 9.11. The highest BCUT2D eigenvalue weighted by molar-refractivity contribution is 14.2. The summed E-state index contributed by atoms with van der Waals surface area (Å²) in [5.41, 5.74) is 0.789. The molecule has 2 heterocycles. The normalized spacial score (nSPS) is 35.6. The first-order valence-corrected chi connectivity index (χ1v) is 19.3. The molecule has 44 heavy (non-hydrogen) atoms. The number of nitrogens with zero attached hydrogens (tertiary/aromatic N) is 3. The monoisotopic (exact) mass is 743 g/mol. The van der Waals surface area contributed by atoms with E-state index in [-0.39, 0.29) is 71.8 Å². The summed E-state index contributed by atoms with van der Waals surface area (Å²) >= 11 is 2.21. The Bertz CT molecular complexity index is 1250. The molecular formula is C32H46IN3O7S. The molecular weight excluding hydrogens is 697 g/mol. The summed E-state index contributed by atoms with van der Waals surface area (Å²) in [6.07, 6.45) is 9.54. The van der Waals surface area contributed by atoms with Gasteiger partial charge in [0.1, 0.15) is 16.9 Å². The van der Waals surface area contributed by atoms with Crippen LogP contribution in [0.1, 0.15) is 84.6 Å². The van der Waals surface area contributed by atoms with Crippen LogP contribution in [0, 0.1) is 35.5 Å². The van der Waals surface area contributed by atoms with Crippen LogP contribution in [0.15, 0.2) is 34.4 Å². The first-order chi connectivity index (χ1) is 21.2. The summed E-state index contributed by atoms with van der Waals surface area (Å²) in [6.45, 7) is 5.83. The SMILES string of the molecule is CC[C@H]1CCCC[C@@H](C)C(=O)C2=C[C@@H]3C([C@@H]2CC(=O)O1)[C@H](n1cc(SI)nn1)CC1C[C@@H](O[C@H](O)/C(OC)=C(/C)OC)C[C@H]13. The number of fused-ring (bicyclic) bond motifs is 5. The van der Waals surface area contributed by atoms with E-state index in [2.05, 4.69) is 44.5 Å². The minimum absolute atomic E-state index is 0.000527. The number of aliphatic hydroxyl groups is 1. The van der Waals surface area contributed by atoms with Gasteiger partial charge in [0, 0.05) is 33.0 Å². The predicted molar refractivity (Wildman–Crippen MR) is 173 cm³/mol. The number of cyclic esters (lactones) is 1. The molecule has 12 heteroatoms. The largest absolute Gasteiger partial charge is 0.498 e. The Labute approximate surface area is 276 Å². The molecule has 244 valence electrons. The smallest absolute Gasteiger partial charge is 0.306 e. The Hall–Kier alpha value is -1.64. The van der Waals surface area contributed by atoms with Crippen LogP contribution in [0.2, 0.25) is 0 Å². The highest BCUT2D eigenvalue weighted by atomic mass is 127. The van der Waals surface area contributed by atoms with E-state index in [1.807, 2.05) is 17.8 Å². The van der Waals surface area contributed by atoms with Gasteiger partial charge in [-0.2, -0.15) is 0 Å². The van der Waals surface area contributed by atoms with Crippen molar-refractivity contribution >= 4 is 41.9 Å². The van der Waals surface area contributed by atoms with E-state index in [9.17, 15) is 14.7 Å². The Kier molecular flexibility index (Phi) is 11.4. The number of methoxy groups -OCH3 is 2. The number of carbonyl (C=O) groups excluding carboxylic acids is 2. The van der Waals surface area contributed by atoms with Crippen molar-refractivity contribution in [2.75, 3.05) is 14.2 Å². The second kappa shape index (κ2) is 14.8. The molecule has 0 bridgehead atoms. The third kappa shape index (κ3) is 7.02. The van der Waals surface area contributed by atoms with Crippen molar-refractivity contribution in [1.82, 2.24) is 15.0 Å². The van der Waals surface area contributed by atoms with E-state index >= 15 is 0 Å². The highest BCUT2D eigenvalue weighted by Gasteiger charge is 2.56. The van der Waals surface area contributed by atoms with Crippen molar-refractivity contribution in [1.29, 1.82) is 0 Å². The highest BCUT2D eigenvalue weighted by Crippen LogP contribution is 2.60. The van der Waals surface area contributed by atoms with Gasteiger partial charge in [0.2, 0.25) is 6.29 Å². The summed E-state index contributed by atoms with van der Waals surface area (Å²) in [5, 5.41) is 20.6. The van der Waals surface area contributed by atoms with Gasteiger partial charge in [-0.05, 0) is 90.0 Å². The van der Waals surface area contributed by atoms with Gasteiger partial charge < -0.3 is 24.1 Å². The number of aliphatic hydroxyl groups excluding tert-OH is 1. The molecule has 10 atom stereocenters. The van der Waals surface area contributed by atoms with Gasteiger partial charge >= 0.3 is 5.97 Å². The minimum Gasteiger partial charge on any atom is -0.498 e. The fraction of sp³-hybridized carbons (Fsp3) is 0.750. The number of hydrogen-bond acceptors (Lipinski definition) is 10. The molecule has 2 saturated carbocycles. The summed E-state index contributed by atoms with van der Waals surface area (Å²) in [4.78, 5) is 27.5. The molecule has 0 spiro atoms. The molecule has 0 aromatic carbocycles. The minimum atomic E-state index is -1.24. The van der Waals surface area contributed by atoms with Gasteiger partial charge in [-0.15, -0.1) is 5.10 Å². The van der Waals surface area contributed by atoms with Crippen LogP contribution in [0.5, 0.6) is 0 Å². The van der Waals surface area contributed by atoms with Crippen LogP contribution in [-0.2, 0) is 28.5 Å². The van der Waals surface area contributed by atoms with Crippen molar-refractivity contribution in [3.8, 4) is 0 Å². The van der Waals surface area contributed by atoms with Gasteiger partial charge in [-0.25, -0.2) is 4.68 Å².